The van der Waals surface area contributed by atoms with E-state index in [4.69, 9.17) is 0 Å². The number of hydrogen-bond acceptors (Lipinski definition) is 4. The summed E-state index contributed by atoms with van der Waals surface area (Å²) in [5, 5.41) is 4.01. The third-order valence-corrected chi connectivity index (χ3v) is 4.28. The summed E-state index contributed by atoms with van der Waals surface area (Å²) in [6, 6.07) is -0.528. The van der Waals surface area contributed by atoms with Crippen molar-refractivity contribution in [3.05, 3.63) is 29.6 Å². The Balaban J connectivity index is 1.65. The van der Waals surface area contributed by atoms with E-state index < -0.39 is 17.8 Å². The van der Waals surface area contributed by atoms with E-state index in [1.54, 1.807) is 24.1 Å². The molecule has 1 fully saturated rings. The molecule has 1 aromatic heterocycles. The van der Waals surface area contributed by atoms with E-state index >= 15 is 0 Å². The summed E-state index contributed by atoms with van der Waals surface area (Å²) in [5.41, 5.74) is 1.99. The lowest BCUT2D eigenvalue weighted by Crippen LogP contribution is -2.34. The van der Waals surface area contributed by atoms with E-state index in [1.165, 1.54) is 12.0 Å². The quantitative estimate of drug-likeness (QED) is 0.470. The first-order valence-corrected chi connectivity index (χ1v) is 7.89. The summed E-state index contributed by atoms with van der Waals surface area (Å²) < 4.78 is 1.59. The average Bonchev–Trinajstić information content (AvgIpc) is 3.05. The van der Waals surface area contributed by atoms with Gasteiger partial charge in [-0.1, -0.05) is 11.6 Å². The van der Waals surface area contributed by atoms with Crippen LogP contribution in [-0.2, 0) is 23.2 Å². The molecule has 0 N–H and O–H groups in total. The molecule has 0 spiro atoms. The van der Waals surface area contributed by atoms with Crippen LogP contribution in [0.4, 0.5) is 4.79 Å². The van der Waals surface area contributed by atoms with Crippen molar-refractivity contribution in [2.75, 3.05) is 6.54 Å². The van der Waals surface area contributed by atoms with Gasteiger partial charge in [0.15, 0.2) is 0 Å². The van der Waals surface area contributed by atoms with Crippen LogP contribution in [-0.4, -0.2) is 44.0 Å². The van der Waals surface area contributed by atoms with E-state index in [0.29, 0.717) is 6.42 Å². The molecule has 0 radical (unpaired) electrons. The number of imide groups is 2. The summed E-state index contributed by atoms with van der Waals surface area (Å²) >= 11 is 0. The number of allylic oxidation sites excluding steroid dienone is 1. The van der Waals surface area contributed by atoms with Crippen LogP contribution in [0, 0.1) is 0 Å². The molecule has 4 amide bonds. The maximum Gasteiger partial charge on any atom is 0.334 e. The molecule has 1 aromatic rings. The smallest absolute Gasteiger partial charge is 0.275 e. The van der Waals surface area contributed by atoms with Crippen molar-refractivity contribution in [3.8, 4) is 0 Å². The third kappa shape index (κ3) is 3.18. The van der Waals surface area contributed by atoms with Crippen molar-refractivity contribution in [2.24, 2.45) is 7.05 Å². The third-order valence-electron chi connectivity index (χ3n) is 4.28. The van der Waals surface area contributed by atoms with Crippen LogP contribution in [0.5, 0.6) is 0 Å². The topological polar surface area (TPSA) is 75.5 Å². The number of carbonyl (C=O) groups is 3. The van der Waals surface area contributed by atoms with Gasteiger partial charge in [-0.2, -0.15) is 5.10 Å². The first-order valence-electron chi connectivity index (χ1n) is 7.89. The first kappa shape index (κ1) is 15.5. The molecule has 2 aliphatic rings. The lowest BCUT2D eigenvalue weighted by Gasteiger charge is -2.17. The fourth-order valence-corrected chi connectivity index (χ4v) is 3.01. The normalized spacial score (nSPS) is 18.8. The zero-order valence-electron chi connectivity index (χ0n) is 13.2. The molecule has 0 unspecified atom stereocenters. The number of hydrogen-bond donors (Lipinski definition) is 0. The number of aryl methyl sites for hydroxylation is 1. The Morgan fingerprint density at radius 2 is 1.91 bits per heavy atom. The van der Waals surface area contributed by atoms with E-state index in [-0.39, 0.29) is 13.1 Å². The first-order chi connectivity index (χ1) is 11.1. The van der Waals surface area contributed by atoms with Gasteiger partial charge in [-0.05, 0) is 32.1 Å². The van der Waals surface area contributed by atoms with Crippen LogP contribution >= 0.6 is 0 Å². The van der Waals surface area contributed by atoms with E-state index in [1.807, 2.05) is 0 Å². The highest BCUT2D eigenvalue weighted by molar-refractivity contribution is 6.44. The van der Waals surface area contributed by atoms with Gasteiger partial charge in [0.25, 0.3) is 0 Å². The molecular weight excluding hydrogens is 296 g/mol. The van der Waals surface area contributed by atoms with Gasteiger partial charge in [0.2, 0.25) is 0 Å². The molecule has 7 nitrogen and oxygen atoms in total. The van der Waals surface area contributed by atoms with Crippen LogP contribution in [0.2, 0.25) is 0 Å². The second-order valence-electron chi connectivity index (χ2n) is 6.01. The molecule has 1 aliphatic heterocycles. The van der Waals surface area contributed by atoms with Gasteiger partial charge in [0, 0.05) is 25.4 Å². The molecule has 0 bridgehead atoms. The van der Waals surface area contributed by atoms with Crippen molar-refractivity contribution < 1.29 is 14.4 Å². The van der Waals surface area contributed by atoms with Gasteiger partial charge in [-0.25, -0.2) is 4.79 Å². The van der Waals surface area contributed by atoms with Crippen molar-refractivity contribution in [3.63, 3.8) is 0 Å². The average molecular weight is 316 g/mol. The lowest BCUT2D eigenvalue weighted by atomic mass is 9.97. The number of aromatic nitrogens is 2. The number of amides is 4. The molecule has 122 valence electrons. The van der Waals surface area contributed by atoms with Crippen LogP contribution < -0.4 is 0 Å². The van der Waals surface area contributed by atoms with Gasteiger partial charge in [-0.15, -0.1) is 0 Å². The highest BCUT2D eigenvalue weighted by Crippen LogP contribution is 2.22. The molecule has 1 saturated heterocycles. The maximum absolute atomic E-state index is 12.4. The Hall–Kier alpha value is -2.44. The fourth-order valence-electron chi connectivity index (χ4n) is 3.01. The second-order valence-corrected chi connectivity index (χ2v) is 6.01. The van der Waals surface area contributed by atoms with Gasteiger partial charge in [-0.3, -0.25) is 24.1 Å². The zero-order chi connectivity index (χ0) is 16.4. The van der Waals surface area contributed by atoms with Gasteiger partial charge < -0.3 is 0 Å². The lowest BCUT2D eigenvalue weighted by molar-refractivity contribution is -0.143. The molecule has 7 heteroatoms. The zero-order valence-corrected chi connectivity index (χ0v) is 13.2. The summed E-state index contributed by atoms with van der Waals surface area (Å²) in [5.74, 6) is -1.48. The van der Waals surface area contributed by atoms with E-state index in [2.05, 4.69) is 11.2 Å². The fraction of sp³-hybridized carbons (Fsp3) is 0.500. The van der Waals surface area contributed by atoms with Crippen molar-refractivity contribution >= 4 is 17.8 Å². The largest absolute Gasteiger partial charge is 0.334 e. The minimum Gasteiger partial charge on any atom is -0.275 e. The van der Waals surface area contributed by atoms with Crippen LogP contribution in [0.3, 0.4) is 0 Å². The Labute approximate surface area is 134 Å². The monoisotopic (exact) mass is 316 g/mol. The molecule has 3 rings (SSSR count). The molecule has 0 aromatic carbocycles. The summed E-state index contributed by atoms with van der Waals surface area (Å²) in [4.78, 5) is 38.6. The van der Waals surface area contributed by atoms with Crippen molar-refractivity contribution in [1.82, 2.24) is 19.6 Å². The SMILES string of the molecule is Cn1cc(CN2C(=O)C(=O)N(CCC3=CCCCC3)C2=O)cn1. The standard InChI is InChI=1S/C16H20N4O3/c1-18-10-13(9-17-18)11-20-15(22)14(21)19(16(20)23)8-7-12-5-3-2-4-6-12/h5,9-10H,2-4,6-8,11H2,1H3. The summed E-state index contributed by atoms with van der Waals surface area (Å²) in [7, 11) is 1.76. The predicted octanol–water partition coefficient (Wildman–Crippen LogP) is 1.60. The van der Waals surface area contributed by atoms with Crippen LogP contribution in [0.25, 0.3) is 0 Å². The second kappa shape index (κ2) is 6.36. The Morgan fingerprint density at radius 1 is 1.13 bits per heavy atom. The Bertz CT molecular complexity index is 677. The number of rotatable bonds is 5. The van der Waals surface area contributed by atoms with Gasteiger partial charge in [0.05, 0.1) is 12.7 Å². The van der Waals surface area contributed by atoms with Crippen LogP contribution in [0.1, 0.15) is 37.7 Å². The molecule has 0 saturated carbocycles. The van der Waals surface area contributed by atoms with E-state index in [9.17, 15) is 14.4 Å². The molecule has 2 heterocycles. The molecule has 23 heavy (non-hydrogen) atoms. The van der Waals surface area contributed by atoms with Gasteiger partial charge in [0.1, 0.15) is 0 Å². The summed E-state index contributed by atoms with van der Waals surface area (Å²) in [6.07, 6.45) is 10.6. The Kier molecular flexibility index (Phi) is 4.27. The number of carbonyl (C=O) groups excluding carboxylic acids is 3. The van der Waals surface area contributed by atoms with Crippen molar-refractivity contribution in [2.45, 2.75) is 38.6 Å². The maximum atomic E-state index is 12.4. The number of urea groups is 1. The molecule has 1 aliphatic carbocycles. The predicted molar refractivity (Wildman–Crippen MR) is 82.0 cm³/mol. The highest BCUT2D eigenvalue weighted by atomic mass is 16.2. The minimum absolute atomic E-state index is 0.0798. The van der Waals surface area contributed by atoms with Crippen LogP contribution in [0.15, 0.2) is 24.0 Å². The highest BCUT2D eigenvalue weighted by Gasteiger charge is 2.44. The number of nitrogens with zero attached hydrogens (tertiary/aromatic N) is 4. The molecular formula is C16H20N4O3. The molecule has 0 atom stereocenters. The van der Waals surface area contributed by atoms with Gasteiger partial charge >= 0.3 is 17.8 Å². The Morgan fingerprint density at radius 3 is 2.57 bits per heavy atom. The van der Waals surface area contributed by atoms with Crippen molar-refractivity contribution in [1.29, 1.82) is 0 Å². The minimum atomic E-state index is -0.753. The summed E-state index contributed by atoms with van der Waals surface area (Å²) in [6.45, 7) is 0.356. The van der Waals surface area contributed by atoms with E-state index in [0.717, 1.165) is 34.6 Å².